The van der Waals surface area contributed by atoms with E-state index >= 15 is 0 Å². The lowest BCUT2D eigenvalue weighted by atomic mass is 9.83. The quantitative estimate of drug-likeness (QED) is 0.832. The summed E-state index contributed by atoms with van der Waals surface area (Å²) in [5, 5.41) is 10.2. The molecule has 3 aliphatic heterocycles. The van der Waals surface area contributed by atoms with Crippen LogP contribution in [-0.2, 0) is 16.1 Å². The summed E-state index contributed by atoms with van der Waals surface area (Å²) in [6.07, 6.45) is 2.78. The van der Waals surface area contributed by atoms with E-state index in [4.69, 9.17) is 9.47 Å². The van der Waals surface area contributed by atoms with Gasteiger partial charge < -0.3 is 19.5 Å². The van der Waals surface area contributed by atoms with E-state index < -0.39 is 17.6 Å². The zero-order valence-electron chi connectivity index (χ0n) is 11.7. The van der Waals surface area contributed by atoms with Crippen LogP contribution in [0.5, 0.6) is 5.75 Å². The summed E-state index contributed by atoms with van der Waals surface area (Å²) in [5.41, 5.74) is 0.418. The molecule has 110 valence electrons. The summed E-state index contributed by atoms with van der Waals surface area (Å²) < 4.78 is 11.0. The lowest BCUT2D eigenvalue weighted by Crippen LogP contribution is -2.38. The molecule has 2 fully saturated rings. The van der Waals surface area contributed by atoms with Crippen LogP contribution in [0.4, 0.5) is 0 Å². The number of hydrogen-bond donors (Lipinski definition) is 1. The number of aliphatic hydroxyl groups is 1. The second-order valence-electron chi connectivity index (χ2n) is 5.91. The lowest BCUT2D eigenvalue weighted by Gasteiger charge is -2.21. The van der Waals surface area contributed by atoms with Crippen LogP contribution in [0.2, 0.25) is 0 Å². The number of ether oxygens (including phenoxy) is 2. The van der Waals surface area contributed by atoms with Gasteiger partial charge >= 0.3 is 0 Å². The van der Waals surface area contributed by atoms with Crippen molar-refractivity contribution in [2.45, 2.75) is 24.4 Å². The van der Waals surface area contributed by atoms with Gasteiger partial charge in [-0.05, 0) is 17.7 Å². The average molecular weight is 287 g/mol. The Morgan fingerprint density at radius 1 is 1.43 bits per heavy atom. The van der Waals surface area contributed by atoms with Gasteiger partial charge in [0, 0.05) is 6.54 Å². The number of aliphatic hydroxyl groups excluding tert-OH is 1. The number of fused-ring (bicyclic) bond motifs is 1. The number of carbonyl (C=O) groups excluding carboxylic acids is 1. The number of benzene rings is 1. The zero-order valence-corrected chi connectivity index (χ0v) is 11.7. The molecule has 1 spiro atoms. The topological polar surface area (TPSA) is 59.0 Å². The van der Waals surface area contributed by atoms with E-state index in [0.717, 1.165) is 11.3 Å². The maximum atomic E-state index is 12.5. The third-order valence-electron chi connectivity index (χ3n) is 4.68. The molecule has 2 bridgehead atoms. The van der Waals surface area contributed by atoms with Crippen molar-refractivity contribution >= 4 is 5.91 Å². The van der Waals surface area contributed by atoms with E-state index in [1.54, 1.807) is 12.0 Å². The second kappa shape index (κ2) is 4.32. The van der Waals surface area contributed by atoms with Gasteiger partial charge in [-0.25, -0.2) is 0 Å². The molecule has 1 amide bonds. The smallest absolute Gasteiger partial charge is 0.232 e. The molecule has 5 nitrogen and oxygen atoms in total. The summed E-state index contributed by atoms with van der Waals surface area (Å²) in [5.74, 6) is 0.318. The van der Waals surface area contributed by atoms with Crippen LogP contribution in [0.3, 0.4) is 0 Å². The molecule has 1 aromatic rings. The Bertz CT molecular complexity index is 611. The maximum Gasteiger partial charge on any atom is 0.232 e. The van der Waals surface area contributed by atoms with Crippen molar-refractivity contribution < 1.29 is 19.4 Å². The Morgan fingerprint density at radius 3 is 2.86 bits per heavy atom. The van der Waals surface area contributed by atoms with E-state index in [1.165, 1.54) is 0 Å². The normalized spacial score (nSPS) is 36.4. The van der Waals surface area contributed by atoms with Crippen LogP contribution < -0.4 is 4.74 Å². The highest BCUT2D eigenvalue weighted by atomic mass is 16.5. The highest BCUT2D eigenvalue weighted by Crippen LogP contribution is 2.48. The van der Waals surface area contributed by atoms with Crippen LogP contribution in [0.1, 0.15) is 5.56 Å². The van der Waals surface area contributed by atoms with Gasteiger partial charge in [-0.3, -0.25) is 4.79 Å². The van der Waals surface area contributed by atoms with Crippen LogP contribution in [-0.4, -0.2) is 47.4 Å². The van der Waals surface area contributed by atoms with Crippen LogP contribution >= 0.6 is 0 Å². The largest absolute Gasteiger partial charge is 0.497 e. The van der Waals surface area contributed by atoms with Gasteiger partial charge in [0.05, 0.1) is 19.8 Å². The molecular weight excluding hydrogens is 270 g/mol. The van der Waals surface area contributed by atoms with Gasteiger partial charge in [0.2, 0.25) is 5.91 Å². The molecule has 0 aliphatic carbocycles. The molecule has 0 saturated carbocycles. The van der Waals surface area contributed by atoms with Gasteiger partial charge in [-0.15, -0.1) is 0 Å². The first-order chi connectivity index (χ1) is 10.1. The van der Waals surface area contributed by atoms with Crippen molar-refractivity contribution in [1.29, 1.82) is 0 Å². The van der Waals surface area contributed by atoms with E-state index in [-0.39, 0.29) is 12.0 Å². The number of nitrogens with zero attached hydrogens (tertiary/aromatic N) is 1. The Hall–Kier alpha value is -1.85. The van der Waals surface area contributed by atoms with Crippen LogP contribution in [0.15, 0.2) is 36.4 Å². The summed E-state index contributed by atoms with van der Waals surface area (Å²) in [4.78, 5) is 14.3. The van der Waals surface area contributed by atoms with Crippen molar-refractivity contribution in [3.05, 3.63) is 42.0 Å². The summed E-state index contributed by atoms with van der Waals surface area (Å²) in [6, 6.07) is 7.66. The molecular formula is C16H17NO4. The van der Waals surface area contributed by atoms with Gasteiger partial charge in [0.15, 0.2) is 0 Å². The van der Waals surface area contributed by atoms with Gasteiger partial charge in [-0.1, -0.05) is 24.3 Å². The number of hydrogen-bond acceptors (Lipinski definition) is 4. The van der Waals surface area contributed by atoms with Crippen LogP contribution in [0, 0.1) is 5.92 Å². The fraction of sp³-hybridized carbons (Fsp3) is 0.438. The number of amides is 1. The molecule has 5 heteroatoms. The monoisotopic (exact) mass is 287 g/mol. The number of rotatable bonds is 3. The molecule has 1 N–H and O–H groups in total. The third-order valence-corrected chi connectivity index (χ3v) is 4.68. The van der Waals surface area contributed by atoms with E-state index in [2.05, 4.69) is 0 Å². The molecule has 4 atom stereocenters. The fourth-order valence-electron chi connectivity index (χ4n) is 3.63. The van der Waals surface area contributed by atoms with Crippen molar-refractivity contribution in [3.8, 4) is 5.75 Å². The van der Waals surface area contributed by atoms with Gasteiger partial charge in [0.1, 0.15) is 23.4 Å². The molecule has 0 unspecified atom stereocenters. The predicted octanol–water partition coefficient (Wildman–Crippen LogP) is 0.722. The first kappa shape index (κ1) is 12.9. The number of likely N-dealkylation sites (tertiary alicyclic amines) is 1. The lowest BCUT2D eigenvalue weighted by molar-refractivity contribution is -0.134. The molecule has 3 heterocycles. The van der Waals surface area contributed by atoms with Crippen molar-refractivity contribution in [1.82, 2.24) is 4.90 Å². The Labute approximate surface area is 122 Å². The Kier molecular flexibility index (Phi) is 2.65. The van der Waals surface area contributed by atoms with Crippen LogP contribution in [0.25, 0.3) is 0 Å². The fourth-order valence-corrected chi connectivity index (χ4v) is 3.63. The molecule has 3 aliphatic rings. The molecule has 0 aromatic heterocycles. The molecule has 4 rings (SSSR count). The first-order valence-corrected chi connectivity index (χ1v) is 7.10. The van der Waals surface area contributed by atoms with E-state index in [9.17, 15) is 9.90 Å². The summed E-state index contributed by atoms with van der Waals surface area (Å²) in [6.45, 7) is 1.03. The number of methoxy groups -OCH3 is 1. The summed E-state index contributed by atoms with van der Waals surface area (Å²) >= 11 is 0. The number of carbonyl (C=O) groups is 1. The summed E-state index contributed by atoms with van der Waals surface area (Å²) in [7, 11) is 1.63. The first-order valence-electron chi connectivity index (χ1n) is 7.10. The maximum absolute atomic E-state index is 12.5. The highest BCUT2D eigenvalue weighted by Gasteiger charge is 2.64. The van der Waals surface area contributed by atoms with Crippen molar-refractivity contribution in [2.24, 2.45) is 5.92 Å². The predicted molar refractivity (Wildman–Crippen MR) is 74.7 cm³/mol. The molecule has 2 saturated heterocycles. The van der Waals surface area contributed by atoms with Crippen molar-refractivity contribution in [3.63, 3.8) is 0 Å². The van der Waals surface area contributed by atoms with Gasteiger partial charge in [-0.2, -0.15) is 0 Å². The minimum absolute atomic E-state index is 0.0230. The minimum Gasteiger partial charge on any atom is -0.497 e. The van der Waals surface area contributed by atoms with Gasteiger partial charge in [0.25, 0.3) is 0 Å². The SMILES string of the molecule is COc1ccc(CN2C[C@]34C=C[C@H](O3)[C@@H](O)[C@@H]4C2=O)cc1. The molecule has 1 aromatic carbocycles. The van der Waals surface area contributed by atoms with E-state index in [1.807, 2.05) is 36.4 Å². The highest BCUT2D eigenvalue weighted by molar-refractivity contribution is 5.85. The van der Waals surface area contributed by atoms with E-state index in [0.29, 0.717) is 13.1 Å². The zero-order chi connectivity index (χ0) is 14.6. The third kappa shape index (κ3) is 1.74. The Balaban J connectivity index is 1.55. The van der Waals surface area contributed by atoms with Crippen molar-refractivity contribution in [2.75, 3.05) is 13.7 Å². The second-order valence-corrected chi connectivity index (χ2v) is 5.91. The molecule has 21 heavy (non-hydrogen) atoms. The minimum atomic E-state index is -0.719. The Morgan fingerprint density at radius 2 is 2.19 bits per heavy atom. The standard InChI is InChI=1S/C16H17NO4/c1-20-11-4-2-10(3-5-11)8-17-9-16-7-6-12(21-16)14(18)13(16)15(17)19/h2-7,12-14,18H,8-9H2,1H3/t12-,13+,14+,16-/m0/s1. The average Bonchev–Trinajstić information content (AvgIpc) is 3.10. The molecule has 0 radical (unpaired) electrons.